The van der Waals surface area contributed by atoms with E-state index in [2.05, 4.69) is 10.6 Å². The van der Waals surface area contributed by atoms with E-state index in [1.807, 2.05) is 0 Å². The number of nitrogens with one attached hydrogen (secondary N) is 2. The molecule has 1 aliphatic rings. The van der Waals surface area contributed by atoms with Gasteiger partial charge in [0.15, 0.2) is 0 Å². The maximum atomic E-state index is 12.9. The van der Waals surface area contributed by atoms with Gasteiger partial charge < -0.3 is 15.7 Å². The summed E-state index contributed by atoms with van der Waals surface area (Å²) in [5.41, 5.74) is -0.0219. The van der Waals surface area contributed by atoms with Crippen molar-refractivity contribution in [2.24, 2.45) is 11.3 Å². The van der Waals surface area contributed by atoms with E-state index in [4.69, 9.17) is 0 Å². The molecule has 0 radical (unpaired) electrons. The van der Waals surface area contributed by atoms with Crippen LogP contribution in [0.15, 0.2) is 24.3 Å². The highest BCUT2D eigenvalue weighted by Gasteiger charge is 2.43. The lowest BCUT2D eigenvalue weighted by Crippen LogP contribution is -2.42. The van der Waals surface area contributed by atoms with E-state index < -0.39 is 11.4 Å². The average molecular weight is 346 g/mol. The van der Waals surface area contributed by atoms with Gasteiger partial charge in [-0.1, -0.05) is 25.3 Å². The molecule has 1 aromatic carbocycles. The lowest BCUT2D eigenvalue weighted by molar-refractivity contribution is -0.145. The number of carboxylic acid groups (broad SMARTS) is 1. The van der Waals surface area contributed by atoms with Gasteiger partial charge >= 0.3 is 5.97 Å². The first-order valence-corrected chi connectivity index (χ1v) is 8.72. The van der Waals surface area contributed by atoms with Gasteiger partial charge in [0.1, 0.15) is 0 Å². The van der Waals surface area contributed by atoms with Crippen molar-refractivity contribution < 1.29 is 19.5 Å². The smallest absolute Gasteiger partial charge is 0.304 e. The van der Waals surface area contributed by atoms with Crippen LogP contribution in [0.5, 0.6) is 0 Å². The minimum absolute atomic E-state index is 0.0551. The van der Waals surface area contributed by atoms with Crippen LogP contribution in [0.3, 0.4) is 0 Å². The number of benzene rings is 1. The minimum atomic E-state index is -0.970. The van der Waals surface area contributed by atoms with Gasteiger partial charge in [0.2, 0.25) is 5.91 Å². The maximum Gasteiger partial charge on any atom is 0.304 e. The van der Waals surface area contributed by atoms with Crippen LogP contribution in [0, 0.1) is 11.3 Å². The molecular formula is C19H26N2O4. The summed E-state index contributed by atoms with van der Waals surface area (Å²) in [6.07, 6.45) is 4.73. The van der Waals surface area contributed by atoms with Gasteiger partial charge in [0.05, 0.1) is 11.8 Å². The van der Waals surface area contributed by atoms with Crippen LogP contribution < -0.4 is 10.6 Å². The van der Waals surface area contributed by atoms with Crippen LogP contribution in [-0.2, 0) is 9.59 Å². The first-order valence-electron chi connectivity index (χ1n) is 8.72. The highest BCUT2D eigenvalue weighted by atomic mass is 16.4. The Balaban J connectivity index is 2.22. The normalized spacial score (nSPS) is 17.4. The molecular weight excluding hydrogens is 320 g/mol. The zero-order chi connectivity index (χ0) is 18.4. The second-order valence-electron chi connectivity index (χ2n) is 6.94. The number of amides is 2. The molecule has 1 unspecified atom stereocenters. The van der Waals surface area contributed by atoms with Gasteiger partial charge in [-0.05, 0) is 43.9 Å². The Labute approximate surface area is 148 Å². The van der Waals surface area contributed by atoms with E-state index in [-0.39, 0.29) is 24.2 Å². The Morgan fingerprint density at radius 2 is 1.88 bits per heavy atom. The number of anilines is 1. The number of carboxylic acids is 1. The fourth-order valence-electron chi connectivity index (χ4n) is 3.62. The highest BCUT2D eigenvalue weighted by molar-refractivity contribution is 5.99. The second-order valence-corrected chi connectivity index (χ2v) is 6.94. The third kappa shape index (κ3) is 4.59. The maximum absolute atomic E-state index is 12.9. The van der Waals surface area contributed by atoms with Crippen LogP contribution in [0.1, 0.15) is 55.8 Å². The summed E-state index contributed by atoms with van der Waals surface area (Å²) in [6.45, 7) is 1.75. The van der Waals surface area contributed by atoms with Crippen molar-refractivity contribution in [2.75, 3.05) is 12.4 Å². The van der Waals surface area contributed by atoms with E-state index in [0.717, 1.165) is 32.1 Å². The van der Waals surface area contributed by atoms with Crippen molar-refractivity contribution in [3.63, 3.8) is 0 Å². The van der Waals surface area contributed by atoms with E-state index in [1.165, 1.54) is 0 Å². The first-order chi connectivity index (χ1) is 11.9. The van der Waals surface area contributed by atoms with Crippen LogP contribution >= 0.6 is 0 Å². The number of carbonyl (C=O) groups excluding carboxylic acids is 2. The molecule has 136 valence electrons. The topological polar surface area (TPSA) is 95.5 Å². The molecule has 1 saturated carbocycles. The molecule has 1 aromatic rings. The molecule has 0 aromatic heterocycles. The van der Waals surface area contributed by atoms with Crippen molar-refractivity contribution in [3.05, 3.63) is 29.8 Å². The van der Waals surface area contributed by atoms with E-state index in [1.54, 1.807) is 38.2 Å². The summed E-state index contributed by atoms with van der Waals surface area (Å²) in [4.78, 5) is 36.0. The third-order valence-electron chi connectivity index (χ3n) is 5.15. The van der Waals surface area contributed by atoms with E-state index in [0.29, 0.717) is 11.3 Å². The zero-order valence-corrected chi connectivity index (χ0v) is 14.8. The first kappa shape index (κ1) is 19.0. The summed E-state index contributed by atoms with van der Waals surface area (Å²) in [7, 11) is 1.54. The quantitative estimate of drug-likeness (QED) is 0.738. The van der Waals surface area contributed by atoms with Gasteiger partial charge in [-0.2, -0.15) is 0 Å². The van der Waals surface area contributed by atoms with Gasteiger partial charge in [-0.25, -0.2) is 0 Å². The van der Waals surface area contributed by atoms with Crippen molar-refractivity contribution in [2.45, 2.75) is 45.4 Å². The Hall–Kier alpha value is -2.37. The predicted molar refractivity (Wildman–Crippen MR) is 95.4 cm³/mol. The number of aliphatic carboxylic acids is 1. The van der Waals surface area contributed by atoms with Crippen molar-refractivity contribution >= 4 is 23.5 Å². The molecule has 0 saturated heterocycles. The van der Waals surface area contributed by atoms with E-state index >= 15 is 0 Å². The molecule has 0 bridgehead atoms. The SMILES string of the molecule is CNC(=O)c1cccc(NC(=O)C(C)(CC(=O)O)C2CCCCC2)c1. The lowest BCUT2D eigenvalue weighted by atomic mass is 9.67. The summed E-state index contributed by atoms with van der Waals surface area (Å²) < 4.78 is 0. The summed E-state index contributed by atoms with van der Waals surface area (Å²) in [5.74, 6) is -1.45. The second kappa shape index (κ2) is 8.14. The largest absolute Gasteiger partial charge is 0.481 e. The number of hydrogen-bond donors (Lipinski definition) is 3. The van der Waals surface area contributed by atoms with Gasteiger partial charge in [-0.3, -0.25) is 14.4 Å². The molecule has 6 heteroatoms. The Morgan fingerprint density at radius 1 is 1.20 bits per heavy atom. The summed E-state index contributed by atoms with van der Waals surface area (Å²) >= 11 is 0. The van der Waals surface area contributed by atoms with Crippen LogP contribution in [0.2, 0.25) is 0 Å². The van der Waals surface area contributed by atoms with Crippen LogP contribution in [0.25, 0.3) is 0 Å². The molecule has 1 aliphatic carbocycles. The summed E-state index contributed by atoms with van der Waals surface area (Å²) in [6, 6.07) is 6.65. The molecule has 0 spiro atoms. The molecule has 1 atom stereocenters. The zero-order valence-electron chi connectivity index (χ0n) is 14.8. The van der Waals surface area contributed by atoms with Crippen LogP contribution in [-0.4, -0.2) is 29.9 Å². The lowest BCUT2D eigenvalue weighted by Gasteiger charge is -2.37. The van der Waals surface area contributed by atoms with Crippen molar-refractivity contribution in [1.29, 1.82) is 0 Å². The predicted octanol–water partition coefficient (Wildman–Crippen LogP) is 3.05. The fraction of sp³-hybridized carbons (Fsp3) is 0.526. The third-order valence-corrected chi connectivity index (χ3v) is 5.15. The number of hydrogen-bond acceptors (Lipinski definition) is 3. The molecule has 0 aliphatic heterocycles. The standard InChI is InChI=1S/C19H26N2O4/c1-19(12-16(22)23,14-8-4-3-5-9-14)18(25)21-15-10-6-7-13(11-15)17(24)20-2/h6-7,10-11,14H,3-5,8-9,12H2,1-2H3,(H,20,24)(H,21,25)(H,22,23). The Kier molecular flexibility index (Phi) is 6.17. The highest BCUT2D eigenvalue weighted by Crippen LogP contribution is 2.42. The molecule has 2 rings (SSSR count). The number of carbonyl (C=O) groups is 3. The van der Waals surface area contributed by atoms with Gasteiger partial charge in [0.25, 0.3) is 5.91 Å². The van der Waals surface area contributed by atoms with Crippen LogP contribution in [0.4, 0.5) is 5.69 Å². The number of rotatable bonds is 6. The van der Waals surface area contributed by atoms with Crippen molar-refractivity contribution in [3.8, 4) is 0 Å². The Morgan fingerprint density at radius 3 is 2.48 bits per heavy atom. The molecule has 0 heterocycles. The minimum Gasteiger partial charge on any atom is -0.481 e. The monoisotopic (exact) mass is 346 g/mol. The van der Waals surface area contributed by atoms with E-state index in [9.17, 15) is 19.5 Å². The van der Waals surface area contributed by atoms with Gasteiger partial charge in [0, 0.05) is 18.3 Å². The molecule has 6 nitrogen and oxygen atoms in total. The molecule has 25 heavy (non-hydrogen) atoms. The fourth-order valence-corrected chi connectivity index (χ4v) is 3.62. The Bertz CT molecular complexity index is 653. The van der Waals surface area contributed by atoms with Gasteiger partial charge in [-0.15, -0.1) is 0 Å². The average Bonchev–Trinajstić information content (AvgIpc) is 2.61. The van der Waals surface area contributed by atoms with Crippen molar-refractivity contribution in [1.82, 2.24) is 5.32 Å². The molecule has 2 amide bonds. The summed E-state index contributed by atoms with van der Waals surface area (Å²) in [5, 5.41) is 14.7. The molecule has 1 fully saturated rings. The molecule has 3 N–H and O–H groups in total.